The molecule has 2 heterocycles. The van der Waals surface area contributed by atoms with Crippen molar-refractivity contribution >= 4 is 16.8 Å². The summed E-state index contributed by atoms with van der Waals surface area (Å²) in [4.78, 5) is 17.9. The molecule has 0 aliphatic carbocycles. The Morgan fingerprint density at radius 1 is 0.914 bits per heavy atom. The highest BCUT2D eigenvalue weighted by Gasteiger charge is 2.27. The molecule has 0 bridgehead atoms. The van der Waals surface area contributed by atoms with Gasteiger partial charge in [0.25, 0.3) is 0 Å². The molecule has 0 saturated carbocycles. The van der Waals surface area contributed by atoms with Crippen LogP contribution in [-0.4, -0.2) is 46.5 Å². The van der Waals surface area contributed by atoms with Gasteiger partial charge < -0.3 is 9.47 Å². The third-order valence-electron chi connectivity index (χ3n) is 7.14. The molecule has 4 nitrogen and oxygen atoms in total. The molecule has 3 aromatic carbocycles. The molecule has 0 radical (unpaired) electrons. The van der Waals surface area contributed by atoms with Gasteiger partial charge in [0.1, 0.15) is 5.82 Å². The minimum Gasteiger partial charge on any atom is -0.347 e. The van der Waals surface area contributed by atoms with Crippen LogP contribution in [0.5, 0.6) is 0 Å². The van der Waals surface area contributed by atoms with Gasteiger partial charge in [-0.1, -0.05) is 60.7 Å². The molecular formula is C30H32FN3O. The van der Waals surface area contributed by atoms with Crippen LogP contribution in [0, 0.1) is 5.82 Å². The summed E-state index contributed by atoms with van der Waals surface area (Å²) >= 11 is 0. The Bertz CT molecular complexity index is 1290. The van der Waals surface area contributed by atoms with E-state index in [9.17, 15) is 9.18 Å². The zero-order chi connectivity index (χ0) is 24.2. The highest BCUT2D eigenvalue weighted by atomic mass is 19.1. The van der Waals surface area contributed by atoms with Crippen molar-refractivity contribution in [3.63, 3.8) is 0 Å². The molecule has 0 spiro atoms. The molecule has 1 aliphatic rings. The van der Waals surface area contributed by atoms with Crippen LogP contribution in [0.15, 0.2) is 85.1 Å². The molecule has 1 fully saturated rings. The predicted molar refractivity (Wildman–Crippen MR) is 139 cm³/mol. The fraction of sp³-hybridized carbons (Fsp3) is 0.300. The summed E-state index contributed by atoms with van der Waals surface area (Å²) in [6.45, 7) is 7.03. The highest BCUT2D eigenvalue weighted by Crippen LogP contribution is 2.35. The van der Waals surface area contributed by atoms with E-state index in [0.717, 1.165) is 61.3 Å². The number of hydrogen-bond acceptors (Lipinski definition) is 2. The number of rotatable bonds is 7. The second kappa shape index (κ2) is 10.4. The Morgan fingerprint density at radius 2 is 1.66 bits per heavy atom. The molecule has 4 aromatic rings. The van der Waals surface area contributed by atoms with Gasteiger partial charge in [0.15, 0.2) is 0 Å². The number of hydrogen-bond donors (Lipinski definition) is 0. The highest BCUT2D eigenvalue weighted by molar-refractivity contribution is 5.86. The lowest BCUT2D eigenvalue weighted by atomic mass is 9.87. The summed E-state index contributed by atoms with van der Waals surface area (Å²) in [5, 5.41) is 1.13. The second-order valence-corrected chi connectivity index (χ2v) is 9.34. The van der Waals surface area contributed by atoms with E-state index >= 15 is 0 Å². The Morgan fingerprint density at radius 3 is 2.40 bits per heavy atom. The number of carbonyl (C=O) groups is 1. The van der Waals surface area contributed by atoms with Crippen molar-refractivity contribution in [3.05, 3.63) is 108 Å². The molecule has 35 heavy (non-hydrogen) atoms. The van der Waals surface area contributed by atoms with Gasteiger partial charge in [0.2, 0.25) is 5.91 Å². The van der Waals surface area contributed by atoms with Gasteiger partial charge >= 0.3 is 0 Å². The SMILES string of the molecule is CCn1cc(C(CC(=O)N2CCN(Cc3ccccc3)CC2)c2cccc(F)c2)c2ccccc21. The van der Waals surface area contributed by atoms with Crippen LogP contribution >= 0.6 is 0 Å². The van der Waals surface area contributed by atoms with Crippen molar-refractivity contribution in [2.75, 3.05) is 26.2 Å². The number of fused-ring (bicyclic) bond motifs is 1. The van der Waals surface area contributed by atoms with Gasteiger partial charge in [-0.2, -0.15) is 0 Å². The van der Waals surface area contributed by atoms with E-state index in [2.05, 4.69) is 59.0 Å². The first kappa shape index (κ1) is 23.3. The summed E-state index contributed by atoms with van der Waals surface area (Å²) in [5.41, 5.74) is 4.38. The smallest absolute Gasteiger partial charge is 0.223 e. The lowest BCUT2D eigenvalue weighted by molar-refractivity contribution is -0.133. The summed E-state index contributed by atoms with van der Waals surface area (Å²) < 4.78 is 16.4. The van der Waals surface area contributed by atoms with E-state index in [-0.39, 0.29) is 17.6 Å². The van der Waals surface area contributed by atoms with E-state index in [4.69, 9.17) is 0 Å². The zero-order valence-electron chi connectivity index (χ0n) is 20.2. The van der Waals surface area contributed by atoms with Gasteiger partial charge in [-0.3, -0.25) is 9.69 Å². The molecule has 5 heteroatoms. The molecule has 1 atom stereocenters. The maximum absolute atomic E-state index is 14.2. The van der Waals surface area contributed by atoms with Crippen LogP contribution in [0.25, 0.3) is 10.9 Å². The number of piperazine rings is 1. The molecule has 1 aromatic heterocycles. The largest absolute Gasteiger partial charge is 0.347 e. The number of carbonyl (C=O) groups excluding carboxylic acids is 1. The fourth-order valence-electron chi connectivity index (χ4n) is 5.25. The molecule has 180 valence electrons. The first-order chi connectivity index (χ1) is 17.1. The van der Waals surface area contributed by atoms with E-state index in [1.54, 1.807) is 12.1 Å². The minimum absolute atomic E-state index is 0.131. The first-order valence-corrected chi connectivity index (χ1v) is 12.5. The maximum Gasteiger partial charge on any atom is 0.223 e. The van der Waals surface area contributed by atoms with Crippen molar-refractivity contribution < 1.29 is 9.18 Å². The summed E-state index contributed by atoms with van der Waals surface area (Å²) in [6.07, 6.45) is 2.48. The average Bonchev–Trinajstić information content (AvgIpc) is 3.27. The van der Waals surface area contributed by atoms with E-state index in [1.165, 1.54) is 11.6 Å². The normalized spacial score (nSPS) is 15.4. The number of aryl methyl sites for hydroxylation is 1. The Labute approximate surface area is 206 Å². The summed E-state index contributed by atoms with van der Waals surface area (Å²) in [7, 11) is 0. The number of amides is 1. The number of halogens is 1. The quantitative estimate of drug-likeness (QED) is 0.349. The number of aromatic nitrogens is 1. The maximum atomic E-state index is 14.2. The molecule has 5 rings (SSSR count). The third kappa shape index (κ3) is 5.15. The average molecular weight is 470 g/mol. The van der Waals surface area contributed by atoms with E-state index < -0.39 is 0 Å². The van der Waals surface area contributed by atoms with Crippen molar-refractivity contribution in [1.82, 2.24) is 14.4 Å². The Hall–Kier alpha value is -3.44. The van der Waals surface area contributed by atoms with Gasteiger partial charge in [-0.15, -0.1) is 0 Å². The van der Waals surface area contributed by atoms with E-state index in [1.807, 2.05) is 29.2 Å². The van der Waals surface area contributed by atoms with Gasteiger partial charge in [0, 0.05) is 68.7 Å². The zero-order valence-corrected chi connectivity index (χ0v) is 20.2. The van der Waals surface area contributed by atoms with Crippen LogP contribution in [0.4, 0.5) is 4.39 Å². The van der Waals surface area contributed by atoms with Crippen molar-refractivity contribution in [2.24, 2.45) is 0 Å². The Balaban J connectivity index is 1.36. The molecule has 1 aliphatic heterocycles. The van der Waals surface area contributed by atoms with E-state index in [0.29, 0.717) is 6.42 Å². The lowest BCUT2D eigenvalue weighted by Crippen LogP contribution is -2.48. The molecule has 1 saturated heterocycles. The summed E-state index contributed by atoms with van der Waals surface area (Å²) in [6, 6.07) is 25.5. The summed E-state index contributed by atoms with van der Waals surface area (Å²) in [5.74, 6) is -0.334. The van der Waals surface area contributed by atoms with Crippen LogP contribution in [0.1, 0.15) is 36.0 Å². The minimum atomic E-state index is -0.270. The topological polar surface area (TPSA) is 28.5 Å². The number of nitrogens with zero attached hydrogens (tertiary/aromatic N) is 3. The third-order valence-corrected chi connectivity index (χ3v) is 7.14. The van der Waals surface area contributed by atoms with Crippen molar-refractivity contribution in [1.29, 1.82) is 0 Å². The van der Waals surface area contributed by atoms with Crippen LogP contribution < -0.4 is 0 Å². The molecule has 0 N–H and O–H groups in total. The fourth-order valence-corrected chi connectivity index (χ4v) is 5.25. The van der Waals surface area contributed by atoms with Crippen LogP contribution in [-0.2, 0) is 17.9 Å². The number of benzene rings is 3. The van der Waals surface area contributed by atoms with Crippen molar-refractivity contribution in [2.45, 2.75) is 32.4 Å². The number of para-hydroxylation sites is 1. The first-order valence-electron chi connectivity index (χ1n) is 12.5. The second-order valence-electron chi connectivity index (χ2n) is 9.34. The molecule has 1 unspecified atom stereocenters. The lowest BCUT2D eigenvalue weighted by Gasteiger charge is -2.35. The molecular weight excluding hydrogens is 437 g/mol. The predicted octanol–water partition coefficient (Wildman–Crippen LogP) is 5.67. The van der Waals surface area contributed by atoms with Crippen LogP contribution in [0.3, 0.4) is 0 Å². The van der Waals surface area contributed by atoms with Gasteiger partial charge in [-0.05, 0) is 41.8 Å². The van der Waals surface area contributed by atoms with Crippen molar-refractivity contribution in [3.8, 4) is 0 Å². The molecule has 1 amide bonds. The van der Waals surface area contributed by atoms with Crippen LogP contribution in [0.2, 0.25) is 0 Å². The monoisotopic (exact) mass is 469 g/mol. The van der Waals surface area contributed by atoms with Gasteiger partial charge in [-0.25, -0.2) is 4.39 Å². The van der Waals surface area contributed by atoms with Gasteiger partial charge in [0.05, 0.1) is 0 Å². The Kier molecular flexibility index (Phi) is 6.96. The standard InChI is InChI=1S/C30H32FN3O/c1-2-33-22-28(26-13-6-7-14-29(26)33)27(24-11-8-12-25(31)19-24)20-30(35)34-17-15-32(16-18-34)21-23-9-4-3-5-10-23/h3-14,19,22,27H,2,15-18,20-21H2,1H3.